The molecular weight excluding hydrogens is 594 g/mol. The van der Waals surface area contributed by atoms with Crippen LogP contribution >= 0.6 is 0 Å². The number of pyridine rings is 3. The molecule has 0 saturated carbocycles. The van der Waals surface area contributed by atoms with Crippen LogP contribution in [0, 0.1) is 11.3 Å². The van der Waals surface area contributed by atoms with Crippen LogP contribution in [0.1, 0.15) is 36.8 Å². The summed E-state index contributed by atoms with van der Waals surface area (Å²) in [7, 11) is 1.64. The Bertz CT molecular complexity index is 1740. The van der Waals surface area contributed by atoms with Crippen molar-refractivity contribution in [3.63, 3.8) is 0 Å². The summed E-state index contributed by atoms with van der Waals surface area (Å²) in [5, 5.41) is 24.5. The Morgan fingerprint density at radius 2 is 1.87 bits per heavy atom. The van der Waals surface area contributed by atoms with Gasteiger partial charge in [0.15, 0.2) is 0 Å². The molecule has 4 atom stereocenters. The lowest BCUT2D eigenvalue weighted by Gasteiger charge is -2.37. The van der Waals surface area contributed by atoms with Gasteiger partial charge in [-0.1, -0.05) is 6.07 Å². The number of fused-ring (bicyclic) bond motifs is 4. The number of aliphatic hydroxyl groups is 1. The lowest BCUT2D eigenvalue weighted by molar-refractivity contribution is 0.0287. The van der Waals surface area contributed by atoms with Crippen LogP contribution in [-0.2, 0) is 6.54 Å². The Kier molecular flexibility index (Phi) is 8.15. The first-order valence-electron chi connectivity index (χ1n) is 16.7. The second kappa shape index (κ2) is 12.7. The van der Waals surface area contributed by atoms with Crippen LogP contribution in [0.3, 0.4) is 0 Å². The molecule has 4 aromatic rings. The molecule has 0 amide bonds. The van der Waals surface area contributed by atoms with Crippen molar-refractivity contribution < 1.29 is 14.6 Å². The highest BCUT2D eigenvalue weighted by molar-refractivity contribution is 5.85. The van der Waals surface area contributed by atoms with Crippen molar-refractivity contribution >= 4 is 11.3 Å². The number of nitrogens with zero attached hydrogens (tertiary/aromatic N) is 9. The van der Waals surface area contributed by atoms with Gasteiger partial charge >= 0.3 is 0 Å². The number of hydrogen-bond acceptors (Lipinski definition) is 11. The molecule has 2 bridgehead atoms. The summed E-state index contributed by atoms with van der Waals surface area (Å²) in [4.78, 5) is 19.2. The van der Waals surface area contributed by atoms with E-state index in [2.05, 4.69) is 54.0 Å². The summed E-state index contributed by atoms with van der Waals surface area (Å²) in [6.07, 6.45) is 11.1. The summed E-state index contributed by atoms with van der Waals surface area (Å²) in [6.45, 7) is 7.06. The number of aromatic nitrogens is 4. The van der Waals surface area contributed by atoms with E-state index in [1.165, 1.54) is 5.56 Å². The molecule has 47 heavy (non-hydrogen) atoms. The van der Waals surface area contributed by atoms with Crippen LogP contribution in [0.25, 0.3) is 16.6 Å². The highest BCUT2D eigenvalue weighted by Gasteiger charge is 2.40. The third kappa shape index (κ3) is 6.00. The predicted molar refractivity (Wildman–Crippen MR) is 176 cm³/mol. The van der Waals surface area contributed by atoms with Gasteiger partial charge in [0.1, 0.15) is 24.2 Å². The topological polar surface area (TPSA) is 119 Å². The summed E-state index contributed by atoms with van der Waals surface area (Å²) in [6, 6.07) is 13.8. The van der Waals surface area contributed by atoms with Crippen molar-refractivity contribution in [1.29, 1.82) is 5.26 Å². The maximum Gasteiger partial charge on any atom is 0.212 e. The number of piperazine rings is 1. The average molecular weight is 636 g/mol. The zero-order chi connectivity index (χ0) is 31.9. The quantitative estimate of drug-likeness (QED) is 0.293. The summed E-state index contributed by atoms with van der Waals surface area (Å²) < 4.78 is 13.2. The summed E-state index contributed by atoms with van der Waals surface area (Å²) >= 11 is 0. The van der Waals surface area contributed by atoms with E-state index >= 15 is 0 Å². The van der Waals surface area contributed by atoms with Crippen molar-refractivity contribution in [3.05, 3.63) is 66.2 Å². The number of aliphatic hydroxyl groups excluding tert-OH is 1. The van der Waals surface area contributed by atoms with E-state index in [-0.39, 0.29) is 6.10 Å². The number of piperidine rings is 1. The lowest BCUT2D eigenvalue weighted by atomic mass is 10.0. The minimum atomic E-state index is -0.171. The molecule has 2 unspecified atom stereocenters. The highest BCUT2D eigenvalue weighted by Crippen LogP contribution is 2.36. The Morgan fingerprint density at radius 3 is 2.62 bits per heavy atom. The SMILES string of the molecule is COc1ccc(CN2CC3CN(c4ccc(-c5cc(OCCN6[C@@H]7CC[C@H]6CC(O)C7)cn6ncc(C#N)c56)cn4)CCN3C2)cn1. The second-order valence-electron chi connectivity index (χ2n) is 13.3. The molecule has 0 aromatic carbocycles. The van der Waals surface area contributed by atoms with Crippen LogP contribution in [0.15, 0.2) is 55.1 Å². The molecule has 0 aliphatic carbocycles. The maximum absolute atomic E-state index is 10.2. The Labute approximate surface area is 274 Å². The first-order valence-corrected chi connectivity index (χ1v) is 16.7. The predicted octanol–water partition coefficient (Wildman–Crippen LogP) is 3.00. The van der Waals surface area contributed by atoms with E-state index in [0.29, 0.717) is 41.9 Å². The number of anilines is 1. The molecule has 8 heterocycles. The molecule has 4 aromatic heterocycles. The minimum Gasteiger partial charge on any atom is -0.491 e. The van der Waals surface area contributed by atoms with Crippen molar-refractivity contribution in [2.45, 2.75) is 56.5 Å². The molecule has 4 aliphatic rings. The second-order valence-corrected chi connectivity index (χ2v) is 13.3. The number of ether oxygens (including phenoxy) is 2. The van der Waals surface area contributed by atoms with Crippen molar-refractivity contribution in [1.82, 2.24) is 34.3 Å². The van der Waals surface area contributed by atoms with E-state index in [4.69, 9.17) is 14.5 Å². The standard InChI is InChI=1S/C35H41N9O3/c1-46-34-7-2-24(16-38-34)19-40-20-29-21-41(8-9-42(29)23-40)33-6-3-25(17-37-33)32-14-31(22-44-35(32)26(15-36)18-39-44)47-11-10-43-27-4-5-28(43)13-30(45)12-27/h2-3,6-7,14,16-18,22,27-30,45H,4-5,8-13,19-21,23H2,1H3/t27-,28+,29?,30?. The van der Waals surface area contributed by atoms with Gasteiger partial charge in [0, 0.05) is 87.0 Å². The van der Waals surface area contributed by atoms with Crippen LogP contribution in [0.4, 0.5) is 5.82 Å². The molecule has 0 radical (unpaired) electrons. The molecule has 4 aliphatic heterocycles. The molecule has 12 heteroatoms. The maximum atomic E-state index is 10.2. The van der Waals surface area contributed by atoms with Crippen LogP contribution in [0.2, 0.25) is 0 Å². The fourth-order valence-electron chi connectivity index (χ4n) is 8.16. The molecule has 4 saturated heterocycles. The number of hydrogen-bond donors (Lipinski definition) is 1. The van der Waals surface area contributed by atoms with Crippen molar-refractivity contribution in [3.8, 4) is 28.8 Å². The molecule has 244 valence electrons. The van der Waals surface area contributed by atoms with E-state index in [1.807, 2.05) is 30.7 Å². The van der Waals surface area contributed by atoms with Gasteiger partial charge in [-0.15, -0.1) is 0 Å². The Morgan fingerprint density at radius 1 is 1.00 bits per heavy atom. The number of methoxy groups -OCH3 is 1. The zero-order valence-corrected chi connectivity index (χ0v) is 26.8. The number of rotatable bonds is 9. The molecule has 12 nitrogen and oxygen atoms in total. The zero-order valence-electron chi connectivity index (χ0n) is 26.8. The third-order valence-electron chi connectivity index (χ3n) is 10.4. The van der Waals surface area contributed by atoms with Gasteiger partial charge in [0.2, 0.25) is 5.88 Å². The third-order valence-corrected chi connectivity index (χ3v) is 10.4. The fraction of sp³-hybridized carbons (Fsp3) is 0.486. The van der Waals surface area contributed by atoms with Crippen LogP contribution < -0.4 is 14.4 Å². The van der Waals surface area contributed by atoms with E-state index in [9.17, 15) is 10.4 Å². The summed E-state index contributed by atoms with van der Waals surface area (Å²) in [5.74, 6) is 2.31. The molecule has 8 rings (SSSR count). The van der Waals surface area contributed by atoms with Gasteiger partial charge < -0.3 is 19.5 Å². The van der Waals surface area contributed by atoms with Gasteiger partial charge in [-0.05, 0) is 49.4 Å². The molecule has 0 spiro atoms. The highest BCUT2D eigenvalue weighted by atomic mass is 16.5. The molecule has 1 N–H and O–H groups in total. The van der Waals surface area contributed by atoms with Crippen molar-refractivity contribution in [2.75, 3.05) is 58.0 Å². The van der Waals surface area contributed by atoms with E-state index in [0.717, 1.165) is 94.1 Å². The van der Waals surface area contributed by atoms with E-state index in [1.54, 1.807) is 17.8 Å². The van der Waals surface area contributed by atoms with Crippen LogP contribution in [0.5, 0.6) is 11.6 Å². The largest absolute Gasteiger partial charge is 0.491 e. The molecule has 4 fully saturated rings. The fourth-order valence-corrected chi connectivity index (χ4v) is 8.16. The monoisotopic (exact) mass is 635 g/mol. The van der Waals surface area contributed by atoms with Gasteiger partial charge in [0.25, 0.3) is 0 Å². The Hall–Kier alpha value is -4.28. The Balaban J connectivity index is 0.944. The molecular formula is C35H41N9O3. The van der Waals surface area contributed by atoms with Crippen molar-refractivity contribution in [2.24, 2.45) is 0 Å². The van der Waals surface area contributed by atoms with E-state index < -0.39 is 0 Å². The van der Waals surface area contributed by atoms with Crippen LogP contribution in [-0.4, -0.2) is 117 Å². The van der Waals surface area contributed by atoms with Gasteiger partial charge in [0.05, 0.1) is 43.4 Å². The summed E-state index contributed by atoms with van der Waals surface area (Å²) in [5.41, 5.74) is 4.26. The first kappa shape index (κ1) is 30.1. The normalized spacial score (nSPS) is 24.8. The minimum absolute atomic E-state index is 0.171. The average Bonchev–Trinajstić information content (AvgIpc) is 3.77. The van der Waals surface area contributed by atoms with Gasteiger partial charge in [-0.2, -0.15) is 10.4 Å². The number of nitriles is 1. The smallest absolute Gasteiger partial charge is 0.212 e. The van der Waals surface area contributed by atoms with Gasteiger partial charge in [-0.3, -0.25) is 14.7 Å². The van der Waals surface area contributed by atoms with Gasteiger partial charge in [-0.25, -0.2) is 14.5 Å². The lowest BCUT2D eigenvalue weighted by Crippen LogP contribution is -2.51. The first-order chi connectivity index (χ1) is 23.0.